The van der Waals surface area contributed by atoms with Crippen LogP contribution in [0.2, 0.25) is 0 Å². The van der Waals surface area contributed by atoms with Crippen molar-refractivity contribution in [3.63, 3.8) is 0 Å². The van der Waals surface area contributed by atoms with Crippen LogP contribution in [0.3, 0.4) is 0 Å². The third-order valence-corrected chi connectivity index (χ3v) is 2.29. The van der Waals surface area contributed by atoms with E-state index in [-0.39, 0.29) is 11.6 Å². The van der Waals surface area contributed by atoms with E-state index in [1.807, 2.05) is 0 Å². The molecular weight excluding hydrogens is 254 g/mol. The molecule has 2 heterocycles. The van der Waals surface area contributed by atoms with Crippen LogP contribution in [0, 0.1) is 10.1 Å². The maximum absolute atomic E-state index is 11.3. The van der Waals surface area contributed by atoms with E-state index < -0.39 is 10.9 Å². The van der Waals surface area contributed by atoms with Crippen LogP contribution in [-0.2, 0) is 4.74 Å². The van der Waals surface area contributed by atoms with Crippen molar-refractivity contribution in [3.8, 4) is 0 Å². The predicted molar refractivity (Wildman–Crippen MR) is 64.3 cm³/mol. The highest BCUT2D eigenvalue weighted by Crippen LogP contribution is 2.19. The first-order chi connectivity index (χ1) is 9.11. The van der Waals surface area contributed by atoms with E-state index in [4.69, 9.17) is 8.83 Å². The lowest BCUT2D eigenvalue weighted by molar-refractivity contribution is -0.402. The maximum atomic E-state index is 11.3. The molecule has 2 aromatic heterocycles. The molecule has 2 aromatic rings. The van der Waals surface area contributed by atoms with Gasteiger partial charge in [-0.2, -0.15) is 0 Å². The van der Waals surface area contributed by atoms with Crippen molar-refractivity contribution in [2.24, 2.45) is 0 Å². The van der Waals surface area contributed by atoms with E-state index in [1.165, 1.54) is 37.7 Å². The normalized spacial score (nSPS) is 10.8. The average molecular weight is 263 g/mol. The van der Waals surface area contributed by atoms with E-state index in [9.17, 15) is 14.9 Å². The highest BCUT2D eigenvalue weighted by atomic mass is 16.6. The van der Waals surface area contributed by atoms with E-state index in [2.05, 4.69) is 4.74 Å². The predicted octanol–water partition coefficient (Wildman–Crippen LogP) is 2.74. The molecule has 0 N–H and O–H groups in total. The summed E-state index contributed by atoms with van der Waals surface area (Å²) in [6.07, 6.45) is 4.37. The van der Waals surface area contributed by atoms with E-state index >= 15 is 0 Å². The van der Waals surface area contributed by atoms with Gasteiger partial charge in [-0.15, -0.1) is 0 Å². The third-order valence-electron chi connectivity index (χ3n) is 2.29. The lowest BCUT2D eigenvalue weighted by atomic mass is 10.2. The van der Waals surface area contributed by atoms with Gasteiger partial charge >= 0.3 is 11.9 Å². The number of nitro groups is 1. The van der Waals surface area contributed by atoms with Gasteiger partial charge in [0.15, 0.2) is 0 Å². The molecular formula is C12H9NO6. The van der Waals surface area contributed by atoms with Gasteiger partial charge in [-0.3, -0.25) is 10.1 Å². The van der Waals surface area contributed by atoms with Crippen molar-refractivity contribution in [3.05, 3.63) is 51.7 Å². The zero-order valence-corrected chi connectivity index (χ0v) is 9.86. The monoisotopic (exact) mass is 263 g/mol. The summed E-state index contributed by atoms with van der Waals surface area (Å²) < 4.78 is 14.5. The summed E-state index contributed by atoms with van der Waals surface area (Å²) in [4.78, 5) is 21.1. The van der Waals surface area contributed by atoms with Gasteiger partial charge in [0.2, 0.25) is 5.76 Å². The molecule has 0 saturated heterocycles. The number of furan rings is 2. The molecule has 0 amide bonds. The molecule has 0 fully saturated rings. The van der Waals surface area contributed by atoms with Gasteiger partial charge in [0.05, 0.1) is 19.4 Å². The fourth-order valence-electron chi connectivity index (χ4n) is 1.41. The molecule has 98 valence electrons. The topological polar surface area (TPSA) is 95.7 Å². The Morgan fingerprint density at radius 2 is 2.16 bits per heavy atom. The molecule has 2 rings (SSSR count). The van der Waals surface area contributed by atoms with Crippen LogP contribution < -0.4 is 0 Å². The summed E-state index contributed by atoms with van der Waals surface area (Å²) in [6, 6.07) is 4.27. The number of esters is 1. The van der Waals surface area contributed by atoms with Crippen molar-refractivity contribution in [1.82, 2.24) is 0 Å². The zero-order chi connectivity index (χ0) is 13.8. The lowest BCUT2D eigenvalue weighted by Crippen LogP contribution is -2.00. The molecule has 7 heteroatoms. The molecule has 0 aliphatic rings. The Hall–Kier alpha value is -2.83. The van der Waals surface area contributed by atoms with Crippen LogP contribution in [0.5, 0.6) is 0 Å². The molecule has 0 aliphatic heterocycles. The first-order valence-corrected chi connectivity index (χ1v) is 5.20. The average Bonchev–Trinajstić information content (AvgIpc) is 3.04. The van der Waals surface area contributed by atoms with Crippen LogP contribution in [-0.4, -0.2) is 18.0 Å². The number of ether oxygens (including phenoxy) is 1. The standard InChI is InChI=1S/C12H9NO6/c1-17-12(14)11-8(6-7-18-11)2-3-9-4-5-10(19-9)13(15)16/h2-7H,1H3. The van der Waals surface area contributed by atoms with E-state index in [1.54, 1.807) is 6.07 Å². The Morgan fingerprint density at radius 3 is 2.79 bits per heavy atom. The largest absolute Gasteiger partial charge is 0.463 e. The SMILES string of the molecule is COC(=O)c1occc1C=Cc1ccc([N+](=O)[O-])o1. The minimum absolute atomic E-state index is 0.0554. The van der Waals surface area contributed by atoms with E-state index in [0.717, 1.165) is 0 Å². The van der Waals surface area contributed by atoms with Crippen LogP contribution in [0.4, 0.5) is 5.88 Å². The second-order valence-corrected chi connectivity index (χ2v) is 3.46. The van der Waals surface area contributed by atoms with E-state index in [0.29, 0.717) is 11.3 Å². The number of nitrogens with zero attached hydrogens (tertiary/aromatic N) is 1. The van der Waals surface area contributed by atoms with Crippen molar-refractivity contribution in [2.75, 3.05) is 7.11 Å². The minimum Gasteiger partial charge on any atom is -0.463 e. The van der Waals surface area contributed by atoms with Crippen molar-refractivity contribution in [1.29, 1.82) is 0 Å². The Labute approximate surface area is 107 Å². The van der Waals surface area contributed by atoms with Gasteiger partial charge < -0.3 is 13.6 Å². The molecule has 0 unspecified atom stereocenters. The fraction of sp³-hybridized carbons (Fsp3) is 0.0833. The first kappa shape index (κ1) is 12.6. The molecule has 0 spiro atoms. The van der Waals surface area contributed by atoms with Crippen molar-refractivity contribution >= 4 is 24.0 Å². The maximum Gasteiger partial charge on any atom is 0.433 e. The van der Waals surface area contributed by atoms with Gasteiger partial charge in [0.25, 0.3) is 0 Å². The van der Waals surface area contributed by atoms with Crippen LogP contribution >= 0.6 is 0 Å². The molecule has 0 atom stereocenters. The summed E-state index contributed by atoms with van der Waals surface area (Å²) in [5, 5.41) is 10.4. The van der Waals surface area contributed by atoms with Gasteiger partial charge in [0, 0.05) is 5.56 Å². The Morgan fingerprint density at radius 1 is 1.37 bits per heavy atom. The summed E-state index contributed by atoms with van der Waals surface area (Å²) >= 11 is 0. The quantitative estimate of drug-likeness (QED) is 0.478. The third kappa shape index (κ3) is 2.71. The Bertz CT molecular complexity index is 636. The summed E-state index contributed by atoms with van der Waals surface area (Å²) in [7, 11) is 1.24. The number of rotatable bonds is 4. The summed E-state index contributed by atoms with van der Waals surface area (Å²) in [5.74, 6) is -0.598. The van der Waals surface area contributed by atoms with Gasteiger partial charge in [-0.05, 0) is 24.3 Å². The van der Waals surface area contributed by atoms with Crippen LogP contribution in [0.15, 0.2) is 33.3 Å². The van der Waals surface area contributed by atoms with Crippen molar-refractivity contribution in [2.45, 2.75) is 0 Å². The van der Waals surface area contributed by atoms with Gasteiger partial charge in [-0.1, -0.05) is 0 Å². The smallest absolute Gasteiger partial charge is 0.433 e. The minimum atomic E-state index is -0.630. The molecule has 0 aromatic carbocycles. The molecule has 19 heavy (non-hydrogen) atoms. The van der Waals surface area contributed by atoms with Gasteiger partial charge in [-0.25, -0.2) is 4.79 Å². The second kappa shape index (κ2) is 5.21. The first-order valence-electron chi connectivity index (χ1n) is 5.20. The summed E-state index contributed by atoms with van der Waals surface area (Å²) in [5.41, 5.74) is 0.492. The number of methoxy groups -OCH3 is 1. The molecule has 0 bridgehead atoms. The van der Waals surface area contributed by atoms with Crippen molar-refractivity contribution < 1.29 is 23.3 Å². The lowest BCUT2D eigenvalue weighted by Gasteiger charge is -1.95. The molecule has 0 radical (unpaired) electrons. The number of hydrogen-bond donors (Lipinski definition) is 0. The highest BCUT2D eigenvalue weighted by Gasteiger charge is 2.14. The zero-order valence-electron chi connectivity index (χ0n) is 9.86. The van der Waals surface area contributed by atoms with Crippen LogP contribution in [0.25, 0.3) is 12.2 Å². The Balaban J connectivity index is 2.20. The molecule has 7 nitrogen and oxygen atoms in total. The van der Waals surface area contributed by atoms with Crippen LogP contribution in [0.1, 0.15) is 21.9 Å². The van der Waals surface area contributed by atoms with Gasteiger partial charge in [0.1, 0.15) is 10.7 Å². The fourth-order valence-corrected chi connectivity index (χ4v) is 1.41. The number of carbonyl (C=O) groups is 1. The number of carbonyl (C=O) groups excluding carboxylic acids is 1. The Kier molecular flexibility index (Phi) is 3.46. The number of hydrogen-bond acceptors (Lipinski definition) is 6. The molecule has 0 aliphatic carbocycles. The summed E-state index contributed by atoms with van der Waals surface area (Å²) in [6.45, 7) is 0. The highest BCUT2D eigenvalue weighted by molar-refractivity contribution is 5.91. The molecule has 0 saturated carbocycles. The second-order valence-electron chi connectivity index (χ2n) is 3.46.